The summed E-state index contributed by atoms with van der Waals surface area (Å²) in [6.45, 7) is 2.36. The van der Waals surface area contributed by atoms with E-state index in [0.29, 0.717) is 31.3 Å². The van der Waals surface area contributed by atoms with Crippen molar-refractivity contribution in [3.63, 3.8) is 0 Å². The summed E-state index contributed by atoms with van der Waals surface area (Å²) >= 11 is 0. The van der Waals surface area contributed by atoms with E-state index in [9.17, 15) is 22.0 Å². The minimum atomic E-state index is -4.05. The van der Waals surface area contributed by atoms with Gasteiger partial charge in [0.2, 0.25) is 10.0 Å². The zero-order valence-corrected chi connectivity index (χ0v) is 18.9. The fraction of sp³-hybridized carbons (Fsp3) is 0.391. The molecular formula is C23H24F2N4O3S. The number of carbonyl (C=O) groups is 1. The van der Waals surface area contributed by atoms with Crippen LogP contribution in [0.3, 0.4) is 0 Å². The van der Waals surface area contributed by atoms with Gasteiger partial charge in [-0.1, -0.05) is 13.0 Å². The lowest BCUT2D eigenvalue weighted by Crippen LogP contribution is -2.44. The summed E-state index contributed by atoms with van der Waals surface area (Å²) in [5.74, 6) is -1.76. The Morgan fingerprint density at radius 2 is 2.09 bits per heavy atom. The highest BCUT2D eigenvalue weighted by Crippen LogP contribution is 2.54. The van der Waals surface area contributed by atoms with Crippen molar-refractivity contribution in [3.05, 3.63) is 71.6 Å². The van der Waals surface area contributed by atoms with Gasteiger partial charge in [0, 0.05) is 23.8 Å². The van der Waals surface area contributed by atoms with Gasteiger partial charge in [0.1, 0.15) is 16.4 Å². The Morgan fingerprint density at radius 1 is 1.27 bits per heavy atom. The summed E-state index contributed by atoms with van der Waals surface area (Å²) < 4.78 is 57.7. The average Bonchev–Trinajstić information content (AvgIpc) is 3.14. The van der Waals surface area contributed by atoms with Gasteiger partial charge in [-0.2, -0.15) is 5.10 Å². The van der Waals surface area contributed by atoms with Gasteiger partial charge in [-0.15, -0.1) is 0 Å². The molecule has 2 aliphatic rings. The summed E-state index contributed by atoms with van der Waals surface area (Å²) in [7, 11) is -4.05. The van der Waals surface area contributed by atoms with Crippen LogP contribution in [0.5, 0.6) is 0 Å². The maximum Gasteiger partial charge on any atom is 0.268 e. The molecule has 3 atom stereocenters. The van der Waals surface area contributed by atoms with Crippen LogP contribution in [-0.4, -0.2) is 46.2 Å². The van der Waals surface area contributed by atoms with Crippen molar-refractivity contribution in [1.82, 2.24) is 19.2 Å². The molecule has 0 bridgehead atoms. The van der Waals surface area contributed by atoms with Gasteiger partial charge < -0.3 is 0 Å². The molecule has 0 radical (unpaired) electrons. The van der Waals surface area contributed by atoms with Crippen LogP contribution in [0, 0.1) is 11.6 Å². The van der Waals surface area contributed by atoms with Gasteiger partial charge in [-0.25, -0.2) is 26.4 Å². The molecule has 1 aliphatic heterocycles. The number of fused-ring (bicyclic) bond motifs is 1. The maximum atomic E-state index is 14.5. The van der Waals surface area contributed by atoms with E-state index in [2.05, 4.69) is 9.82 Å². The van der Waals surface area contributed by atoms with Gasteiger partial charge >= 0.3 is 0 Å². The van der Waals surface area contributed by atoms with Gasteiger partial charge in [0.15, 0.2) is 0 Å². The summed E-state index contributed by atoms with van der Waals surface area (Å²) in [6, 6.07) is 7.78. The lowest BCUT2D eigenvalue weighted by molar-refractivity contribution is 0.0982. The standard InChI is InChI=1S/C23H24F2N4O3S/c1-2-23(33(31,32)27-22(30)17-14-26-29-11-4-3-6-20(17)29)13-21(23)28-10-5-7-19(28)16-12-15(24)8-9-18(16)25/h3-4,6,8-9,11-12,14,19,21H,2,5,7,10,13H2,1H3,(H,27,30)/t19-,21-,23-/m1/s1. The molecule has 1 aromatic carbocycles. The molecule has 1 saturated heterocycles. The van der Waals surface area contributed by atoms with Crippen LogP contribution < -0.4 is 4.72 Å². The minimum Gasteiger partial charge on any atom is -0.292 e. The zero-order chi connectivity index (χ0) is 23.4. The first-order valence-electron chi connectivity index (χ1n) is 11.0. The second kappa shape index (κ2) is 7.88. The number of amides is 1. The van der Waals surface area contributed by atoms with Crippen LogP contribution >= 0.6 is 0 Å². The van der Waals surface area contributed by atoms with Gasteiger partial charge in [-0.05, 0) is 62.6 Å². The molecule has 1 saturated carbocycles. The average molecular weight is 475 g/mol. The number of sulfonamides is 1. The molecule has 10 heteroatoms. The van der Waals surface area contributed by atoms with Crippen molar-refractivity contribution in [3.8, 4) is 0 Å². The van der Waals surface area contributed by atoms with Crippen molar-refractivity contribution in [2.45, 2.75) is 49.4 Å². The molecule has 3 heterocycles. The van der Waals surface area contributed by atoms with E-state index in [1.807, 2.05) is 4.90 Å². The number of hydrogen-bond donors (Lipinski definition) is 1. The number of halogens is 2. The third-order valence-corrected chi connectivity index (χ3v) is 9.28. The topological polar surface area (TPSA) is 83.8 Å². The Balaban J connectivity index is 1.40. The van der Waals surface area contributed by atoms with E-state index >= 15 is 0 Å². The fourth-order valence-corrected chi connectivity index (χ4v) is 7.01. The number of nitrogens with one attached hydrogen (secondary N) is 1. The minimum absolute atomic E-state index is 0.170. The van der Waals surface area contributed by atoms with Gasteiger partial charge in [-0.3, -0.25) is 9.69 Å². The lowest BCUT2D eigenvalue weighted by atomic mass is 10.0. The Labute approximate surface area is 190 Å². The van der Waals surface area contributed by atoms with E-state index in [-0.39, 0.29) is 17.2 Å². The highest BCUT2D eigenvalue weighted by atomic mass is 32.2. The number of hydrogen-bond acceptors (Lipinski definition) is 5. The lowest BCUT2D eigenvalue weighted by Gasteiger charge is -2.28. The van der Waals surface area contributed by atoms with Crippen molar-refractivity contribution >= 4 is 21.4 Å². The van der Waals surface area contributed by atoms with Gasteiger partial charge in [0.25, 0.3) is 5.91 Å². The van der Waals surface area contributed by atoms with E-state index in [1.165, 1.54) is 16.8 Å². The number of likely N-dealkylation sites (tertiary alicyclic amines) is 1. The summed E-state index contributed by atoms with van der Waals surface area (Å²) in [5, 5.41) is 4.09. The second-order valence-corrected chi connectivity index (χ2v) is 10.7. The molecular weight excluding hydrogens is 450 g/mol. The molecule has 0 unspecified atom stereocenters. The Hall–Kier alpha value is -2.85. The largest absolute Gasteiger partial charge is 0.292 e. The van der Waals surface area contributed by atoms with Crippen LogP contribution in [-0.2, 0) is 10.0 Å². The first kappa shape index (κ1) is 22.0. The van der Waals surface area contributed by atoms with E-state index in [0.717, 1.165) is 18.6 Å². The van der Waals surface area contributed by atoms with E-state index < -0.39 is 38.4 Å². The maximum absolute atomic E-state index is 14.5. The first-order chi connectivity index (χ1) is 15.8. The van der Waals surface area contributed by atoms with Crippen LogP contribution in [0.25, 0.3) is 5.52 Å². The van der Waals surface area contributed by atoms with Crippen molar-refractivity contribution in [1.29, 1.82) is 0 Å². The molecule has 33 heavy (non-hydrogen) atoms. The highest BCUT2D eigenvalue weighted by Gasteiger charge is 2.66. The normalized spacial score (nSPS) is 25.4. The molecule has 1 amide bonds. The highest BCUT2D eigenvalue weighted by molar-refractivity contribution is 7.91. The SMILES string of the molecule is CC[C@@]1(S(=O)(=O)NC(=O)c2cnn3ccccc23)C[C@H]1N1CCC[C@@H]1c1cc(F)ccc1F. The number of rotatable bonds is 6. The predicted molar refractivity (Wildman–Crippen MR) is 118 cm³/mol. The molecule has 5 rings (SSSR count). The molecule has 174 valence electrons. The third kappa shape index (κ3) is 3.52. The van der Waals surface area contributed by atoms with Crippen LogP contribution in [0.2, 0.25) is 0 Å². The van der Waals surface area contributed by atoms with Crippen LogP contribution in [0.15, 0.2) is 48.8 Å². The molecule has 1 aliphatic carbocycles. The Morgan fingerprint density at radius 3 is 2.88 bits per heavy atom. The quantitative estimate of drug-likeness (QED) is 0.592. The Kier molecular flexibility index (Phi) is 5.24. The molecule has 7 nitrogen and oxygen atoms in total. The summed E-state index contributed by atoms with van der Waals surface area (Å²) in [4.78, 5) is 14.8. The molecule has 0 spiro atoms. The fourth-order valence-electron chi connectivity index (χ4n) is 5.20. The molecule has 2 fully saturated rings. The smallest absolute Gasteiger partial charge is 0.268 e. The van der Waals surface area contributed by atoms with E-state index in [4.69, 9.17) is 0 Å². The number of benzene rings is 1. The van der Waals surface area contributed by atoms with Crippen LogP contribution in [0.1, 0.15) is 54.6 Å². The summed E-state index contributed by atoms with van der Waals surface area (Å²) in [5.41, 5.74) is 0.921. The number of aromatic nitrogens is 2. The second-order valence-electron chi connectivity index (χ2n) is 8.72. The molecule has 3 aromatic rings. The van der Waals surface area contributed by atoms with Crippen molar-refractivity contribution in [2.24, 2.45) is 0 Å². The monoisotopic (exact) mass is 474 g/mol. The predicted octanol–water partition coefficient (Wildman–Crippen LogP) is 3.43. The zero-order valence-electron chi connectivity index (χ0n) is 18.0. The van der Waals surface area contributed by atoms with E-state index in [1.54, 1.807) is 31.3 Å². The first-order valence-corrected chi connectivity index (χ1v) is 12.5. The Bertz CT molecular complexity index is 1340. The van der Waals surface area contributed by atoms with Crippen molar-refractivity contribution in [2.75, 3.05) is 6.54 Å². The summed E-state index contributed by atoms with van der Waals surface area (Å²) in [6.07, 6.45) is 5.01. The van der Waals surface area contributed by atoms with Crippen molar-refractivity contribution < 1.29 is 22.0 Å². The van der Waals surface area contributed by atoms with Crippen LogP contribution in [0.4, 0.5) is 8.78 Å². The van der Waals surface area contributed by atoms with Gasteiger partial charge in [0.05, 0.1) is 17.3 Å². The molecule has 1 N–H and O–H groups in total. The number of nitrogens with zero attached hydrogens (tertiary/aromatic N) is 3. The number of pyridine rings is 1. The third-order valence-electron chi connectivity index (χ3n) is 7.03. The number of carbonyl (C=O) groups excluding carboxylic acids is 1. The molecule has 2 aromatic heterocycles.